The average molecular weight is 226 g/mol. The van der Waals surface area contributed by atoms with Gasteiger partial charge in [-0.05, 0) is 5.41 Å². The second-order valence-corrected chi connectivity index (χ2v) is 5.72. The topological polar surface area (TPSA) is 115 Å². The van der Waals surface area contributed by atoms with Gasteiger partial charge in [-0.1, -0.05) is 34.6 Å². The van der Waals surface area contributed by atoms with Crippen LogP contribution in [-0.4, -0.2) is 17.7 Å². The number of nitrogens with one attached hydrogen (secondary N) is 1. The molecule has 1 aliphatic rings. The Morgan fingerprint density at radius 1 is 1.00 bits per heavy atom. The molecule has 92 valence electrons. The minimum atomic E-state index is -1.13. The highest BCUT2D eigenvalue weighted by Gasteiger charge is 2.51. The van der Waals surface area contributed by atoms with Crippen molar-refractivity contribution in [3.05, 3.63) is 0 Å². The summed E-state index contributed by atoms with van der Waals surface area (Å²) in [5.74, 6) is -0.732. The lowest BCUT2D eigenvalue weighted by molar-refractivity contribution is 0.0385. The summed E-state index contributed by atoms with van der Waals surface area (Å²) in [6.07, 6.45) is 0. The Hall–Kier alpha value is -1.30. The smallest absolute Gasteiger partial charge is 0.215 e. The average Bonchev–Trinajstić information content (AvgIpc) is 1.98. The molecular formula is C10H22N6. The molecule has 6 nitrogen and oxygen atoms in total. The van der Waals surface area contributed by atoms with E-state index >= 15 is 0 Å². The van der Waals surface area contributed by atoms with Gasteiger partial charge in [0, 0.05) is 5.41 Å². The van der Waals surface area contributed by atoms with E-state index in [4.69, 9.17) is 17.2 Å². The van der Waals surface area contributed by atoms with Crippen molar-refractivity contribution in [1.29, 1.82) is 0 Å². The molecule has 0 saturated carbocycles. The van der Waals surface area contributed by atoms with Crippen molar-refractivity contribution in [1.82, 2.24) is 5.32 Å². The molecule has 0 unspecified atom stereocenters. The molecule has 1 aliphatic heterocycles. The third-order valence-electron chi connectivity index (χ3n) is 3.63. The number of hydrogen-bond acceptors (Lipinski definition) is 6. The monoisotopic (exact) mass is 226 g/mol. The van der Waals surface area contributed by atoms with Crippen LogP contribution in [0.3, 0.4) is 0 Å². The zero-order chi connectivity index (χ0) is 12.8. The molecule has 16 heavy (non-hydrogen) atoms. The number of guanidine groups is 2. The highest BCUT2D eigenvalue weighted by molar-refractivity contribution is 5.98. The van der Waals surface area contributed by atoms with E-state index in [0.717, 1.165) is 0 Å². The second kappa shape index (κ2) is 3.35. The van der Waals surface area contributed by atoms with Crippen LogP contribution < -0.4 is 22.5 Å². The first kappa shape index (κ1) is 12.8. The van der Waals surface area contributed by atoms with Gasteiger partial charge in [0.05, 0.1) is 0 Å². The number of hydrogen-bond donors (Lipinski definition) is 4. The first-order chi connectivity index (χ1) is 6.99. The van der Waals surface area contributed by atoms with Crippen molar-refractivity contribution in [3.8, 4) is 0 Å². The minimum absolute atomic E-state index is 0.0906. The number of nitrogens with two attached hydrogens (primary N) is 3. The molecule has 0 aliphatic carbocycles. The summed E-state index contributed by atoms with van der Waals surface area (Å²) in [6.45, 7) is 10.3. The van der Waals surface area contributed by atoms with Gasteiger partial charge >= 0.3 is 0 Å². The van der Waals surface area contributed by atoms with Crippen molar-refractivity contribution >= 4 is 11.9 Å². The molecule has 0 aromatic rings. The van der Waals surface area contributed by atoms with Crippen molar-refractivity contribution in [2.24, 2.45) is 38.0 Å². The van der Waals surface area contributed by atoms with E-state index < -0.39 is 11.2 Å². The van der Waals surface area contributed by atoms with Gasteiger partial charge in [0.2, 0.25) is 5.79 Å². The Bertz CT molecular complexity index is 329. The normalized spacial score (nSPS) is 20.9. The third-order valence-corrected chi connectivity index (χ3v) is 3.63. The Kier molecular flexibility index (Phi) is 2.67. The zero-order valence-corrected chi connectivity index (χ0v) is 10.6. The fourth-order valence-electron chi connectivity index (χ4n) is 1.41. The molecule has 0 radical (unpaired) electrons. The summed E-state index contributed by atoms with van der Waals surface area (Å²) in [6, 6.07) is 0. The van der Waals surface area contributed by atoms with Gasteiger partial charge in [0.25, 0.3) is 0 Å². The fraction of sp³-hybridized carbons (Fsp3) is 0.800. The van der Waals surface area contributed by atoms with E-state index in [2.05, 4.69) is 36.1 Å². The summed E-state index contributed by atoms with van der Waals surface area (Å²) in [5.41, 5.74) is 17.0. The Morgan fingerprint density at radius 3 is 1.69 bits per heavy atom. The first-order valence-electron chi connectivity index (χ1n) is 5.26. The maximum atomic E-state index is 6.23. The van der Waals surface area contributed by atoms with Gasteiger partial charge in [-0.3, -0.25) is 11.1 Å². The minimum Gasteiger partial charge on any atom is -0.370 e. The molecule has 0 aromatic carbocycles. The number of nitrogens with zero attached hydrogens (tertiary/aromatic N) is 2. The van der Waals surface area contributed by atoms with E-state index in [-0.39, 0.29) is 17.3 Å². The second-order valence-electron chi connectivity index (χ2n) is 5.72. The predicted molar refractivity (Wildman–Crippen MR) is 66.5 cm³/mol. The fourth-order valence-corrected chi connectivity index (χ4v) is 1.41. The molecule has 0 atom stereocenters. The van der Waals surface area contributed by atoms with Gasteiger partial charge < -0.3 is 11.5 Å². The number of aliphatic imine (C=N–C) groups is 2. The molecule has 1 heterocycles. The Morgan fingerprint density at radius 2 is 1.38 bits per heavy atom. The zero-order valence-electron chi connectivity index (χ0n) is 10.6. The highest BCUT2D eigenvalue weighted by atomic mass is 15.4. The number of rotatable bonds is 1. The quantitative estimate of drug-likeness (QED) is 0.500. The molecule has 0 aromatic heterocycles. The molecule has 0 saturated heterocycles. The highest BCUT2D eigenvalue weighted by Crippen LogP contribution is 2.46. The maximum absolute atomic E-state index is 6.23. The lowest BCUT2D eigenvalue weighted by Gasteiger charge is -2.48. The van der Waals surface area contributed by atoms with E-state index in [1.54, 1.807) is 0 Å². The van der Waals surface area contributed by atoms with Crippen molar-refractivity contribution in [2.75, 3.05) is 0 Å². The molecule has 0 fully saturated rings. The molecule has 0 amide bonds. The van der Waals surface area contributed by atoms with E-state index in [1.165, 1.54) is 0 Å². The summed E-state index contributed by atoms with van der Waals surface area (Å²) in [4.78, 5) is 8.39. The van der Waals surface area contributed by atoms with Crippen LogP contribution in [0.4, 0.5) is 0 Å². The van der Waals surface area contributed by atoms with Crippen LogP contribution in [-0.2, 0) is 0 Å². The summed E-state index contributed by atoms with van der Waals surface area (Å²) >= 11 is 0. The van der Waals surface area contributed by atoms with E-state index in [0.29, 0.717) is 0 Å². The molecule has 0 bridgehead atoms. The van der Waals surface area contributed by atoms with Crippen LogP contribution in [0.15, 0.2) is 9.98 Å². The summed E-state index contributed by atoms with van der Waals surface area (Å²) in [5, 5.41) is 2.63. The van der Waals surface area contributed by atoms with E-state index in [9.17, 15) is 0 Å². The maximum Gasteiger partial charge on any atom is 0.215 e. The first-order valence-corrected chi connectivity index (χ1v) is 5.26. The van der Waals surface area contributed by atoms with Crippen LogP contribution in [0.2, 0.25) is 0 Å². The van der Waals surface area contributed by atoms with Gasteiger partial charge in [0.15, 0.2) is 11.9 Å². The third kappa shape index (κ3) is 1.84. The molecule has 1 rings (SSSR count). The summed E-state index contributed by atoms with van der Waals surface area (Å²) in [7, 11) is 0. The standard InChI is InChI=1S/C10H22N6/c1-8(2,3)9(4,5)10(13)15-6(11)14-7(12)16-10/h13H2,1-5H3,(H5,11,12,14,15,16). The van der Waals surface area contributed by atoms with Crippen molar-refractivity contribution in [2.45, 2.75) is 40.4 Å². The molecular weight excluding hydrogens is 204 g/mol. The lowest BCUT2D eigenvalue weighted by atomic mass is 9.65. The SMILES string of the molecule is CC(C)(C)C(C)(C)C1(N)N=C(N)NC(N)=N1. The van der Waals surface area contributed by atoms with E-state index in [1.807, 2.05) is 13.8 Å². The van der Waals surface area contributed by atoms with Crippen LogP contribution >= 0.6 is 0 Å². The summed E-state index contributed by atoms with van der Waals surface area (Å²) < 4.78 is 0. The molecule has 0 spiro atoms. The van der Waals surface area contributed by atoms with Crippen molar-refractivity contribution < 1.29 is 0 Å². The lowest BCUT2D eigenvalue weighted by Crippen LogP contribution is -2.61. The van der Waals surface area contributed by atoms with Crippen LogP contribution in [0.25, 0.3) is 0 Å². The Balaban J connectivity index is 3.25. The predicted octanol–water partition coefficient (Wildman–Crippen LogP) is -0.0962. The van der Waals surface area contributed by atoms with Crippen molar-refractivity contribution in [3.63, 3.8) is 0 Å². The van der Waals surface area contributed by atoms with Crippen LogP contribution in [0.5, 0.6) is 0 Å². The van der Waals surface area contributed by atoms with Crippen LogP contribution in [0.1, 0.15) is 34.6 Å². The van der Waals surface area contributed by atoms with Gasteiger partial charge in [-0.25, -0.2) is 9.98 Å². The molecule has 7 N–H and O–H groups in total. The largest absolute Gasteiger partial charge is 0.370 e. The van der Waals surface area contributed by atoms with Gasteiger partial charge in [-0.15, -0.1) is 0 Å². The van der Waals surface area contributed by atoms with Gasteiger partial charge in [0.1, 0.15) is 0 Å². The molecule has 6 heteroatoms. The van der Waals surface area contributed by atoms with Gasteiger partial charge in [-0.2, -0.15) is 0 Å². The Labute approximate surface area is 96.4 Å². The van der Waals surface area contributed by atoms with Crippen LogP contribution in [0, 0.1) is 10.8 Å².